The maximum Gasteiger partial charge on any atom is 0.338 e. The van der Waals surface area contributed by atoms with Crippen molar-refractivity contribution in [3.8, 4) is 5.75 Å². The number of nitrogens with one attached hydrogen (secondary N) is 1. The van der Waals surface area contributed by atoms with Gasteiger partial charge in [0.05, 0.1) is 23.4 Å². The van der Waals surface area contributed by atoms with Crippen LogP contribution >= 0.6 is 0 Å². The van der Waals surface area contributed by atoms with Crippen molar-refractivity contribution < 1.29 is 33.1 Å². The van der Waals surface area contributed by atoms with E-state index in [0.29, 0.717) is 43.3 Å². The normalized spacial score (nSPS) is 10.4. The van der Waals surface area contributed by atoms with Crippen LogP contribution in [0.1, 0.15) is 47.1 Å². The fourth-order valence-electron chi connectivity index (χ4n) is 2.51. The number of aromatic nitrogens is 1. The zero-order valence-electron chi connectivity index (χ0n) is 17.4. The molecule has 1 aromatic heterocycles. The van der Waals surface area contributed by atoms with Crippen molar-refractivity contribution in [1.82, 2.24) is 10.5 Å². The number of amides is 1. The molecular weight excluding hydrogens is 392 g/mol. The molecule has 1 heterocycles. The van der Waals surface area contributed by atoms with Crippen molar-refractivity contribution in [2.75, 3.05) is 19.8 Å². The molecule has 0 atom stereocenters. The number of carbonyl (C=O) groups is 3. The molecule has 0 spiro atoms. The van der Waals surface area contributed by atoms with Crippen LogP contribution in [0.3, 0.4) is 0 Å². The van der Waals surface area contributed by atoms with Crippen LogP contribution in [0.15, 0.2) is 28.8 Å². The first-order valence-electron chi connectivity index (χ1n) is 9.64. The van der Waals surface area contributed by atoms with Crippen LogP contribution in [0.25, 0.3) is 0 Å². The lowest BCUT2D eigenvalue weighted by Crippen LogP contribution is -2.30. The summed E-state index contributed by atoms with van der Waals surface area (Å²) in [5.41, 5.74) is 1.95. The van der Waals surface area contributed by atoms with Crippen LogP contribution in [0.2, 0.25) is 0 Å². The van der Waals surface area contributed by atoms with Crippen LogP contribution in [0, 0.1) is 13.8 Å². The lowest BCUT2D eigenvalue weighted by Gasteiger charge is -2.08. The molecule has 2 rings (SSSR count). The summed E-state index contributed by atoms with van der Waals surface area (Å²) >= 11 is 0. The first-order chi connectivity index (χ1) is 14.4. The van der Waals surface area contributed by atoms with E-state index in [1.165, 1.54) is 0 Å². The summed E-state index contributed by atoms with van der Waals surface area (Å²) < 4.78 is 20.6. The van der Waals surface area contributed by atoms with Crippen molar-refractivity contribution in [2.45, 2.75) is 40.2 Å². The lowest BCUT2D eigenvalue weighted by atomic mass is 10.2. The molecule has 0 bridgehead atoms. The highest BCUT2D eigenvalue weighted by Crippen LogP contribution is 2.18. The van der Waals surface area contributed by atoms with E-state index in [4.69, 9.17) is 18.7 Å². The molecule has 0 aliphatic rings. The number of aryl methyl sites for hydroxylation is 2. The van der Waals surface area contributed by atoms with E-state index in [2.05, 4.69) is 10.5 Å². The molecule has 1 amide bonds. The van der Waals surface area contributed by atoms with E-state index < -0.39 is 18.5 Å². The Labute approximate surface area is 174 Å². The highest BCUT2D eigenvalue weighted by atomic mass is 16.5. The predicted octanol–water partition coefficient (Wildman–Crippen LogP) is 2.49. The van der Waals surface area contributed by atoms with Crippen molar-refractivity contribution in [2.24, 2.45) is 0 Å². The van der Waals surface area contributed by atoms with Crippen LogP contribution < -0.4 is 10.1 Å². The fraction of sp³-hybridized carbons (Fsp3) is 0.429. The van der Waals surface area contributed by atoms with E-state index >= 15 is 0 Å². The van der Waals surface area contributed by atoms with E-state index in [1.807, 2.05) is 13.8 Å². The summed E-state index contributed by atoms with van der Waals surface area (Å²) in [6.07, 6.45) is 0.673. The molecule has 0 fully saturated rings. The molecule has 9 nitrogen and oxygen atoms in total. The predicted molar refractivity (Wildman–Crippen MR) is 106 cm³/mol. The van der Waals surface area contributed by atoms with Crippen molar-refractivity contribution in [1.29, 1.82) is 0 Å². The van der Waals surface area contributed by atoms with E-state index in [1.54, 1.807) is 31.2 Å². The van der Waals surface area contributed by atoms with Gasteiger partial charge in [-0.1, -0.05) is 5.16 Å². The maximum absolute atomic E-state index is 12.1. The number of esters is 2. The van der Waals surface area contributed by atoms with Crippen LogP contribution in [-0.4, -0.2) is 42.8 Å². The van der Waals surface area contributed by atoms with Gasteiger partial charge >= 0.3 is 11.9 Å². The van der Waals surface area contributed by atoms with E-state index in [-0.39, 0.29) is 12.4 Å². The zero-order chi connectivity index (χ0) is 21.9. The Kier molecular flexibility index (Phi) is 8.86. The van der Waals surface area contributed by atoms with Gasteiger partial charge in [0.15, 0.2) is 6.61 Å². The number of benzene rings is 1. The minimum atomic E-state index is -0.617. The second-order valence-corrected chi connectivity index (χ2v) is 6.45. The van der Waals surface area contributed by atoms with Crippen LogP contribution in [-0.2, 0) is 25.7 Å². The number of ether oxygens (including phenoxy) is 3. The molecule has 0 saturated heterocycles. The Hall–Kier alpha value is -3.36. The third-order valence-electron chi connectivity index (χ3n) is 4.17. The molecule has 0 unspecified atom stereocenters. The van der Waals surface area contributed by atoms with Gasteiger partial charge in [0.2, 0.25) is 0 Å². The van der Waals surface area contributed by atoms with Gasteiger partial charge in [-0.15, -0.1) is 0 Å². The highest BCUT2D eigenvalue weighted by Gasteiger charge is 2.12. The third-order valence-corrected chi connectivity index (χ3v) is 4.17. The average molecular weight is 418 g/mol. The smallest absolute Gasteiger partial charge is 0.338 e. The number of hydrogen-bond donors (Lipinski definition) is 1. The molecule has 30 heavy (non-hydrogen) atoms. The second kappa shape index (κ2) is 11.6. The summed E-state index contributed by atoms with van der Waals surface area (Å²) in [7, 11) is 0. The van der Waals surface area contributed by atoms with Gasteiger partial charge in [-0.05, 0) is 51.5 Å². The molecule has 162 valence electrons. The standard InChI is InChI=1S/C21H26N2O7/c1-4-27-20(25)6-5-11-22-19(24)13-29-21(26)16-7-9-17(10-8-16)28-12-18-14(2)23-30-15(18)3/h7-10H,4-6,11-13H2,1-3H3,(H,22,24). The van der Waals surface area contributed by atoms with Gasteiger partial charge in [0, 0.05) is 13.0 Å². The molecule has 0 aliphatic heterocycles. The van der Waals surface area contributed by atoms with Crippen LogP contribution in [0.5, 0.6) is 5.75 Å². The molecular formula is C21H26N2O7. The summed E-state index contributed by atoms with van der Waals surface area (Å²) in [5.74, 6) is -0.0874. The van der Waals surface area contributed by atoms with Crippen molar-refractivity contribution in [3.05, 3.63) is 46.8 Å². The maximum atomic E-state index is 12.1. The Morgan fingerprint density at radius 3 is 2.47 bits per heavy atom. The van der Waals surface area contributed by atoms with Gasteiger partial charge in [-0.2, -0.15) is 0 Å². The monoisotopic (exact) mass is 418 g/mol. The Morgan fingerprint density at radius 1 is 1.10 bits per heavy atom. The molecule has 1 N–H and O–H groups in total. The number of carbonyl (C=O) groups excluding carboxylic acids is 3. The van der Waals surface area contributed by atoms with Gasteiger partial charge in [-0.25, -0.2) is 4.79 Å². The number of nitrogens with zero attached hydrogens (tertiary/aromatic N) is 1. The first-order valence-corrected chi connectivity index (χ1v) is 9.64. The van der Waals surface area contributed by atoms with Gasteiger partial charge in [0.25, 0.3) is 5.91 Å². The SMILES string of the molecule is CCOC(=O)CCCNC(=O)COC(=O)c1ccc(OCc2c(C)noc2C)cc1. The second-order valence-electron chi connectivity index (χ2n) is 6.45. The summed E-state index contributed by atoms with van der Waals surface area (Å²) in [6.45, 7) is 5.92. The third kappa shape index (κ3) is 7.23. The zero-order valence-corrected chi connectivity index (χ0v) is 17.4. The minimum Gasteiger partial charge on any atom is -0.489 e. The Balaban J connectivity index is 1.70. The van der Waals surface area contributed by atoms with E-state index in [0.717, 1.165) is 11.3 Å². The number of rotatable bonds is 11. The quantitative estimate of drug-likeness (QED) is 0.437. The molecule has 0 aliphatic carbocycles. The van der Waals surface area contributed by atoms with Crippen molar-refractivity contribution in [3.63, 3.8) is 0 Å². The Morgan fingerprint density at radius 2 is 1.83 bits per heavy atom. The highest BCUT2D eigenvalue weighted by molar-refractivity contribution is 5.91. The lowest BCUT2D eigenvalue weighted by molar-refractivity contribution is -0.143. The molecule has 0 radical (unpaired) electrons. The van der Waals surface area contributed by atoms with Gasteiger partial charge in [0.1, 0.15) is 18.1 Å². The topological polar surface area (TPSA) is 117 Å². The Bertz CT molecular complexity index is 839. The molecule has 2 aromatic rings. The minimum absolute atomic E-state index is 0.221. The molecule has 1 aromatic carbocycles. The van der Waals surface area contributed by atoms with Crippen LogP contribution in [0.4, 0.5) is 0 Å². The van der Waals surface area contributed by atoms with E-state index in [9.17, 15) is 14.4 Å². The summed E-state index contributed by atoms with van der Waals surface area (Å²) in [4.78, 5) is 35.0. The summed E-state index contributed by atoms with van der Waals surface area (Å²) in [5, 5.41) is 6.45. The molecule has 9 heteroatoms. The average Bonchev–Trinajstić information content (AvgIpc) is 3.06. The summed E-state index contributed by atoms with van der Waals surface area (Å²) in [6, 6.07) is 6.40. The van der Waals surface area contributed by atoms with Gasteiger partial charge < -0.3 is 24.1 Å². The number of hydrogen-bond acceptors (Lipinski definition) is 8. The largest absolute Gasteiger partial charge is 0.489 e. The molecule has 0 saturated carbocycles. The fourth-order valence-corrected chi connectivity index (χ4v) is 2.51. The van der Waals surface area contributed by atoms with Crippen molar-refractivity contribution >= 4 is 17.8 Å². The first kappa shape index (κ1) is 22.9. The van der Waals surface area contributed by atoms with Gasteiger partial charge in [-0.3, -0.25) is 9.59 Å².